The van der Waals surface area contributed by atoms with Gasteiger partial charge in [-0.2, -0.15) is 0 Å². The van der Waals surface area contributed by atoms with Gasteiger partial charge in [0.05, 0.1) is 6.04 Å². The van der Waals surface area contributed by atoms with Gasteiger partial charge in [-0.15, -0.1) is 0 Å². The Morgan fingerprint density at radius 2 is 1.88 bits per heavy atom. The van der Waals surface area contributed by atoms with Crippen molar-refractivity contribution < 1.29 is 4.79 Å². The zero-order valence-corrected chi connectivity index (χ0v) is 11.4. The molecule has 1 amide bonds. The van der Waals surface area contributed by atoms with Crippen molar-refractivity contribution in [3.8, 4) is 0 Å². The number of carbonyl (C=O) groups excluding carboxylic acids is 1. The average molecular weight is 240 g/mol. The fraction of sp³-hybridized carbons (Fsp3) is 0.929. The van der Waals surface area contributed by atoms with Crippen LogP contribution in [-0.2, 0) is 4.79 Å². The van der Waals surface area contributed by atoms with Gasteiger partial charge in [-0.25, -0.2) is 0 Å². The van der Waals surface area contributed by atoms with Crippen molar-refractivity contribution in [1.82, 2.24) is 5.32 Å². The van der Waals surface area contributed by atoms with Crippen molar-refractivity contribution in [2.24, 2.45) is 11.7 Å². The Labute approximate surface area is 106 Å². The van der Waals surface area contributed by atoms with E-state index in [9.17, 15) is 4.79 Å². The lowest BCUT2D eigenvalue weighted by Crippen LogP contribution is -2.46. The van der Waals surface area contributed by atoms with Gasteiger partial charge in [0.1, 0.15) is 0 Å². The van der Waals surface area contributed by atoms with E-state index in [1.807, 2.05) is 0 Å². The summed E-state index contributed by atoms with van der Waals surface area (Å²) in [5.41, 5.74) is 5.81. The van der Waals surface area contributed by atoms with Crippen molar-refractivity contribution in [2.75, 3.05) is 0 Å². The molecule has 0 heterocycles. The summed E-state index contributed by atoms with van der Waals surface area (Å²) >= 11 is 0. The Balaban J connectivity index is 2.23. The summed E-state index contributed by atoms with van der Waals surface area (Å²) in [5, 5.41) is 3.10. The van der Waals surface area contributed by atoms with Gasteiger partial charge in [0.25, 0.3) is 0 Å². The third kappa shape index (κ3) is 5.07. The molecule has 0 aromatic heterocycles. The lowest BCUT2D eigenvalue weighted by molar-refractivity contribution is -0.123. The summed E-state index contributed by atoms with van der Waals surface area (Å²) in [6.45, 7) is 4.31. The number of hydrogen-bond donors (Lipinski definition) is 2. The lowest BCUT2D eigenvalue weighted by atomic mass is 9.83. The van der Waals surface area contributed by atoms with Crippen molar-refractivity contribution in [1.29, 1.82) is 0 Å². The first-order chi connectivity index (χ1) is 8.17. The molecule has 0 aromatic rings. The number of amides is 1. The molecule has 1 atom stereocenters. The van der Waals surface area contributed by atoms with E-state index in [-0.39, 0.29) is 11.9 Å². The third-order valence-corrected chi connectivity index (χ3v) is 3.83. The zero-order chi connectivity index (χ0) is 12.7. The van der Waals surface area contributed by atoms with Crippen LogP contribution in [0.5, 0.6) is 0 Å². The van der Waals surface area contributed by atoms with Crippen molar-refractivity contribution >= 4 is 5.91 Å². The molecule has 0 aliphatic heterocycles. The first-order valence-electron chi connectivity index (χ1n) is 7.23. The second kappa shape index (κ2) is 7.70. The Morgan fingerprint density at radius 1 is 1.24 bits per heavy atom. The minimum Gasteiger partial charge on any atom is -0.352 e. The highest BCUT2D eigenvalue weighted by atomic mass is 16.2. The smallest absolute Gasteiger partial charge is 0.237 e. The van der Waals surface area contributed by atoms with Gasteiger partial charge in [0.15, 0.2) is 0 Å². The Morgan fingerprint density at radius 3 is 2.41 bits per heavy atom. The Hall–Kier alpha value is -0.570. The molecule has 0 unspecified atom stereocenters. The van der Waals surface area contributed by atoms with E-state index in [2.05, 4.69) is 19.2 Å². The second-order valence-electron chi connectivity index (χ2n) is 5.41. The normalized spacial score (nSPS) is 26.5. The third-order valence-electron chi connectivity index (χ3n) is 3.83. The van der Waals surface area contributed by atoms with Crippen LogP contribution in [-0.4, -0.2) is 18.0 Å². The molecule has 1 saturated carbocycles. The molecule has 0 bridgehead atoms. The molecule has 100 valence electrons. The van der Waals surface area contributed by atoms with Gasteiger partial charge >= 0.3 is 0 Å². The molecule has 3 N–H and O–H groups in total. The highest BCUT2D eigenvalue weighted by Gasteiger charge is 2.23. The Kier molecular flexibility index (Phi) is 6.56. The molecule has 0 saturated heterocycles. The SMILES string of the molecule is CCCC1CCC(NC(=O)[C@@H](N)CCC)CC1. The van der Waals surface area contributed by atoms with Crippen LogP contribution in [0.3, 0.4) is 0 Å². The number of nitrogens with one attached hydrogen (secondary N) is 1. The topological polar surface area (TPSA) is 55.1 Å². The van der Waals surface area contributed by atoms with Gasteiger partial charge in [-0.1, -0.05) is 33.1 Å². The monoisotopic (exact) mass is 240 g/mol. The minimum absolute atomic E-state index is 0.0470. The molecule has 0 aromatic carbocycles. The summed E-state index contributed by atoms with van der Waals surface area (Å²) < 4.78 is 0. The molecule has 3 heteroatoms. The van der Waals surface area contributed by atoms with E-state index in [1.165, 1.54) is 25.7 Å². The van der Waals surface area contributed by atoms with Crippen molar-refractivity contribution in [2.45, 2.75) is 77.3 Å². The van der Waals surface area contributed by atoms with Crippen LogP contribution in [0, 0.1) is 5.92 Å². The van der Waals surface area contributed by atoms with Crippen molar-refractivity contribution in [3.63, 3.8) is 0 Å². The maximum atomic E-state index is 11.8. The maximum absolute atomic E-state index is 11.8. The second-order valence-corrected chi connectivity index (χ2v) is 5.41. The van der Waals surface area contributed by atoms with E-state index in [0.29, 0.717) is 6.04 Å². The van der Waals surface area contributed by atoms with E-state index in [4.69, 9.17) is 5.73 Å². The van der Waals surface area contributed by atoms with E-state index < -0.39 is 0 Å². The molecular weight excluding hydrogens is 212 g/mol. The van der Waals surface area contributed by atoms with E-state index >= 15 is 0 Å². The van der Waals surface area contributed by atoms with Crippen molar-refractivity contribution in [3.05, 3.63) is 0 Å². The van der Waals surface area contributed by atoms with Crippen LogP contribution in [0.15, 0.2) is 0 Å². The minimum atomic E-state index is -0.312. The summed E-state index contributed by atoms with van der Waals surface area (Å²) in [6, 6.07) is 0.0619. The van der Waals surface area contributed by atoms with Gasteiger partial charge in [0, 0.05) is 6.04 Å². The predicted molar refractivity (Wildman–Crippen MR) is 71.7 cm³/mol. The summed E-state index contributed by atoms with van der Waals surface area (Å²) in [4.78, 5) is 11.8. The molecule has 17 heavy (non-hydrogen) atoms. The fourth-order valence-corrected chi connectivity index (χ4v) is 2.75. The molecule has 1 fully saturated rings. The zero-order valence-electron chi connectivity index (χ0n) is 11.4. The molecule has 0 radical (unpaired) electrons. The van der Waals surface area contributed by atoms with Crippen LogP contribution in [0.1, 0.15) is 65.2 Å². The highest BCUT2D eigenvalue weighted by Crippen LogP contribution is 2.27. The van der Waals surface area contributed by atoms with E-state index in [0.717, 1.165) is 31.6 Å². The largest absolute Gasteiger partial charge is 0.352 e. The van der Waals surface area contributed by atoms with E-state index in [1.54, 1.807) is 0 Å². The Bertz CT molecular complexity index is 222. The highest BCUT2D eigenvalue weighted by molar-refractivity contribution is 5.81. The van der Waals surface area contributed by atoms with Crippen LogP contribution < -0.4 is 11.1 Å². The lowest BCUT2D eigenvalue weighted by Gasteiger charge is -2.29. The molecule has 1 aliphatic rings. The molecule has 1 rings (SSSR count). The maximum Gasteiger partial charge on any atom is 0.237 e. The van der Waals surface area contributed by atoms with Crippen LogP contribution in [0.25, 0.3) is 0 Å². The molecule has 0 spiro atoms. The number of nitrogens with two attached hydrogens (primary N) is 1. The summed E-state index contributed by atoms with van der Waals surface area (Å²) in [6.07, 6.45) is 9.18. The fourth-order valence-electron chi connectivity index (χ4n) is 2.75. The first kappa shape index (κ1) is 14.5. The van der Waals surface area contributed by atoms with Crippen LogP contribution in [0.2, 0.25) is 0 Å². The standard InChI is InChI=1S/C14H28N2O/c1-3-5-11-7-9-12(10-8-11)16-14(17)13(15)6-4-2/h11-13H,3-10,15H2,1-2H3,(H,16,17)/t11?,12?,13-/m0/s1. The van der Waals surface area contributed by atoms with Crippen LogP contribution in [0.4, 0.5) is 0 Å². The van der Waals surface area contributed by atoms with Gasteiger partial charge in [-0.05, 0) is 38.0 Å². The molecule has 3 nitrogen and oxygen atoms in total. The molecule has 1 aliphatic carbocycles. The number of hydrogen-bond acceptors (Lipinski definition) is 2. The summed E-state index contributed by atoms with van der Waals surface area (Å²) in [7, 11) is 0. The first-order valence-corrected chi connectivity index (χ1v) is 7.23. The average Bonchev–Trinajstić information content (AvgIpc) is 2.32. The van der Waals surface area contributed by atoms with Gasteiger partial charge in [-0.3, -0.25) is 4.79 Å². The quantitative estimate of drug-likeness (QED) is 0.750. The van der Waals surface area contributed by atoms with Gasteiger partial charge in [0.2, 0.25) is 5.91 Å². The molecular formula is C14H28N2O. The van der Waals surface area contributed by atoms with Crippen LogP contribution >= 0.6 is 0 Å². The van der Waals surface area contributed by atoms with Gasteiger partial charge < -0.3 is 11.1 Å². The summed E-state index contributed by atoms with van der Waals surface area (Å²) in [5.74, 6) is 0.934. The number of carbonyl (C=O) groups is 1. The number of rotatable bonds is 6. The predicted octanol–water partition coefficient (Wildman–Crippen LogP) is 2.59.